The molecule has 1 aromatic heterocycles. The van der Waals surface area contributed by atoms with Crippen molar-refractivity contribution in [1.82, 2.24) is 15.1 Å². The van der Waals surface area contributed by atoms with Crippen molar-refractivity contribution in [1.29, 1.82) is 0 Å². The Morgan fingerprint density at radius 1 is 1.07 bits per heavy atom. The van der Waals surface area contributed by atoms with Crippen LogP contribution < -0.4 is 9.64 Å². The molecule has 2 heterocycles. The van der Waals surface area contributed by atoms with E-state index in [0.29, 0.717) is 29.5 Å². The van der Waals surface area contributed by atoms with E-state index in [4.69, 9.17) is 16.3 Å². The number of aromatic amines is 1. The Balaban J connectivity index is 1.41. The zero-order chi connectivity index (χ0) is 19.5. The lowest BCUT2D eigenvalue weighted by Gasteiger charge is -2.36. The molecule has 1 saturated heterocycles. The number of carbonyl (C=O) groups is 1. The normalized spacial score (nSPS) is 14.2. The monoisotopic (exact) mass is 396 g/mol. The summed E-state index contributed by atoms with van der Waals surface area (Å²) in [6.45, 7) is 2.85. The summed E-state index contributed by atoms with van der Waals surface area (Å²) in [7, 11) is 1.66. The average molecular weight is 397 g/mol. The quantitative estimate of drug-likeness (QED) is 0.730. The Morgan fingerprint density at radius 2 is 1.86 bits per heavy atom. The van der Waals surface area contributed by atoms with Crippen LogP contribution in [-0.2, 0) is 0 Å². The molecular weight excluding hydrogens is 376 g/mol. The van der Waals surface area contributed by atoms with E-state index in [9.17, 15) is 4.79 Å². The highest BCUT2D eigenvalue weighted by Gasteiger charge is 2.24. The molecule has 0 saturated carbocycles. The van der Waals surface area contributed by atoms with E-state index in [0.717, 1.165) is 30.1 Å². The van der Waals surface area contributed by atoms with Crippen LogP contribution in [0.2, 0.25) is 5.02 Å². The number of nitrogens with one attached hydrogen (secondary N) is 1. The highest BCUT2D eigenvalue weighted by molar-refractivity contribution is 6.30. The van der Waals surface area contributed by atoms with Crippen molar-refractivity contribution in [2.75, 3.05) is 38.2 Å². The first-order valence-electron chi connectivity index (χ1n) is 9.13. The molecule has 7 heteroatoms. The molecule has 0 aliphatic carbocycles. The number of piperazine rings is 1. The summed E-state index contributed by atoms with van der Waals surface area (Å²) in [4.78, 5) is 17.0. The van der Waals surface area contributed by atoms with Crippen LogP contribution >= 0.6 is 11.6 Å². The molecule has 1 N–H and O–H groups in total. The number of hydrogen-bond donors (Lipinski definition) is 1. The van der Waals surface area contributed by atoms with E-state index >= 15 is 0 Å². The third-order valence-electron chi connectivity index (χ3n) is 4.91. The number of anilines is 1. The largest absolute Gasteiger partial charge is 0.497 e. The minimum absolute atomic E-state index is 0.0360. The van der Waals surface area contributed by atoms with E-state index < -0.39 is 0 Å². The molecule has 0 radical (unpaired) electrons. The first-order valence-corrected chi connectivity index (χ1v) is 9.51. The van der Waals surface area contributed by atoms with E-state index in [-0.39, 0.29) is 5.91 Å². The van der Waals surface area contributed by atoms with Crippen LogP contribution in [0.25, 0.3) is 11.3 Å². The second-order valence-corrected chi connectivity index (χ2v) is 7.09. The number of halogens is 1. The van der Waals surface area contributed by atoms with E-state index in [1.54, 1.807) is 13.2 Å². The van der Waals surface area contributed by atoms with E-state index in [1.165, 1.54) is 0 Å². The van der Waals surface area contributed by atoms with Gasteiger partial charge >= 0.3 is 0 Å². The number of nitrogens with zero attached hydrogens (tertiary/aromatic N) is 3. The molecule has 1 aliphatic heterocycles. The third kappa shape index (κ3) is 3.82. The van der Waals surface area contributed by atoms with Gasteiger partial charge in [0.25, 0.3) is 5.91 Å². The van der Waals surface area contributed by atoms with Crippen molar-refractivity contribution in [3.63, 3.8) is 0 Å². The molecule has 4 rings (SSSR count). The van der Waals surface area contributed by atoms with Crippen LogP contribution in [-0.4, -0.2) is 54.3 Å². The summed E-state index contributed by atoms with van der Waals surface area (Å²) in [6, 6.07) is 17.2. The molecule has 0 atom stereocenters. The Hall–Kier alpha value is -2.99. The van der Waals surface area contributed by atoms with Crippen LogP contribution in [0.15, 0.2) is 54.6 Å². The van der Waals surface area contributed by atoms with Gasteiger partial charge in [-0.1, -0.05) is 29.8 Å². The maximum absolute atomic E-state index is 12.8. The van der Waals surface area contributed by atoms with Gasteiger partial charge in [0, 0.05) is 48.5 Å². The maximum atomic E-state index is 12.8. The summed E-state index contributed by atoms with van der Waals surface area (Å²) in [5, 5.41) is 7.77. The van der Waals surface area contributed by atoms with Crippen molar-refractivity contribution in [2.24, 2.45) is 0 Å². The number of methoxy groups -OCH3 is 1. The van der Waals surface area contributed by atoms with E-state index in [2.05, 4.69) is 21.2 Å². The highest BCUT2D eigenvalue weighted by atomic mass is 35.5. The number of H-pyrrole nitrogens is 1. The molecule has 6 nitrogen and oxygen atoms in total. The lowest BCUT2D eigenvalue weighted by molar-refractivity contribution is 0.0741. The molecule has 28 heavy (non-hydrogen) atoms. The third-order valence-corrected chi connectivity index (χ3v) is 5.15. The Labute approximate surface area is 168 Å². The minimum Gasteiger partial charge on any atom is -0.497 e. The lowest BCUT2D eigenvalue weighted by atomic mass is 10.1. The first-order chi connectivity index (χ1) is 13.6. The van der Waals surface area contributed by atoms with Gasteiger partial charge in [-0.05, 0) is 30.3 Å². The Kier molecular flexibility index (Phi) is 5.21. The fourth-order valence-electron chi connectivity index (χ4n) is 3.37. The molecule has 1 amide bonds. The van der Waals surface area contributed by atoms with Gasteiger partial charge in [-0.15, -0.1) is 0 Å². The minimum atomic E-state index is -0.0360. The number of carbonyl (C=O) groups excluding carboxylic acids is 1. The summed E-state index contributed by atoms with van der Waals surface area (Å²) in [5.41, 5.74) is 3.19. The summed E-state index contributed by atoms with van der Waals surface area (Å²) in [5.74, 6) is 0.799. The van der Waals surface area contributed by atoms with Crippen LogP contribution in [0, 0.1) is 0 Å². The average Bonchev–Trinajstić information content (AvgIpc) is 3.24. The number of amides is 1. The summed E-state index contributed by atoms with van der Waals surface area (Å²) >= 11 is 6.04. The number of ether oxygens (including phenoxy) is 1. The van der Waals surface area contributed by atoms with Gasteiger partial charge < -0.3 is 14.5 Å². The fraction of sp³-hybridized carbons (Fsp3) is 0.238. The van der Waals surface area contributed by atoms with Crippen LogP contribution in [0.3, 0.4) is 0 Å². The van der Waals surface area contributed by atoms with Gasteiger partial charge in [0.15, 0.2) is 0 Å². The standard InChI is InChI=1S/C21H21ClN4O2/c1-28-18-7-3-6-17(13-18)25-8-10-26(11-9-25)21(27)20-14-19(23-24-20)15-4-2-5-16(22)12-15/h2-7,12-14H,8-11H2,1H3,(H,23,24). The van der Waals surface area contributed by atoms with Crippen molar-refractivity contribution in [3.05, 3.63) is 65.3 Å². The number of aromatic nitrogens is 2. The molecular formula is C21H21ClN4O2. The highest BCUT2D eigenvalue weighted by Crippen LogP contribution is 2.24. The van der Waals surface area contributed by atoms with Crippen molar-refractivity contribution < 1.29 is 9.53 Å². The Morgan fingerprint density at radius 3 is 2.61 bits per heavy atom. The van der Waals surface area contributed by atoms with Gasteiger partial charge in [0.2, 0.25) is 0 Å². The van der Waals surface area contributed by atoms with Crippen LogP contribution in [0.1, 0.15) is 10.5 Å². The zero-order valence-electron chi connectivity index (χ0n) is 15.6. The van der Waals surface area contributed by atoms with Gasteiger partial charge in [-0.25, -0.2) is 0 Å². The van der Waals surface area contributed by atoms with E-state index in [1.807, 2.05) is 47.4 Å². The number of hydrogen-bond acceptors (Lipinski definition) is 4. The zero-order valence-corrected chi connectivity index (χ0v) is 16.3. The predicted molar refractivity (Wildman–Crippen MR) is 110 cm³/mol. The summed E-state index contributed by atoms with van der Waals surface area (Å²) in [6.07, 6.45) is 0. The fourth-order valence-corrected chi connectivity index (χ4v) is 3.56. The summed E-state index contributed by atoms with van der Waals surface area (Å²) < 4.78 is 5.30. The van der Waals surface area contributed by atoms with Gasteiger partial charge in [0.1, 0.15) is 11.4 Å². The molecule has 1 aliphatic rings. The van der Waals surface area contributed by atoms with Crippen LogP contribution in [0.5, 0.6) is 5.75 Å². The second kappa shape index (κ2) is 7.94. The van der Waals surface area contributed by atoms with Gasteiger partial charge in [-0.3, -0.25) is 9.89 Å². The number of rotatable bonds is 4. The molecule has 3 aromatic rings. The second-order valence-electron chi connectivity index (χ2n) is 6.66. The van der Waals surface area contributed by atoms with Crippen LogP contribution in [0.4, 0.5) is 5.69 Å². The van der Waals surface area contributed by atoms with Crippen molar-refractivity contribution >= 4 is 23.2 Å². The van der Waals surface area contributed by atoms with Crippen molar-refractivity contribution in [3.8, 4) is 17.0 Å². The molecule has 0 bridgehead atoms. The molecule has 2 aromatic carbocycles. The molecule has 1 fully saturated rings. The van der Waals surface area contributed by atoms with Gasteiger partial charge in [0.05, 0.1) is 12.8 Å². The molecule has 0 spiro atoms. The maximum Gasteiger partial charge on any atom is 0.272 e. The van der Waals surface area contributed by atoms with Crippen molar-refractivity contribution in [2.45, 2.75) is 0 Å². The van der Waals surface area contributed by atoms with Gasteiger partial charge in [-0.2, -0.15) is 5.10 Å². The first kappa shape index (κ1) is 18.4. The SMILES string of the molecule is COc1cccc(N2CCN(C(=O)c3cc(-c4cccc(Cl)c4)n[nH]3)CC2)c1. The predicted octanol–water partition coefficient (Wildman–Crippen LogP) is 3.70. The molecule has 0 unspecified atom stereocenters. The smallest absolute Gasteiger partial charge is 0.272 e. The topological polar surface area (TPSA) is 61.5 Å². The Bertz CT molecular complexity index is 980. The number of benzene rings is 2. The molecule has 144 valence electrons. The lowest BCUT2D eigenvalue weighted by Crippen LogP contribution is -2.48.